The topological polar surface area (TPSA) is 91.7 Å². The van der Waals surface area contributed by atoms with Crippen molar-refractivity contribution in [3.63, 3.8) is 0 Å². The second kappa shape index (κ2) is 7.10. The summed E-state index contributed by atoms with van der Waals surface area (Å²) in [6.45, 7) is 8.27. The summed E-state index contributed by atoms with van der Waals surface area (Å²) < 4.78 is 20.3. The van der Waals surface area contributed by atoms with Crippen molar-refractivity contribution in [2.45, 2.75) is 38.6 Å². The molecule has 158 valence electrons. The van der Waals surface area contributed by atoms with Crippen LogP contribution in [0.15, 0.2) is 34.1 Å². The highest BCUT2D eigenvalue weighted by atomic mass is 16.7. The molecule has 9 nitrogen and oxygen atoms in total. The van der Waals surface area contributed by atoms with E-state index in [9.17, 15) is 9.59 Å². The molecule has 0 radical (unpaired) electrons. The molecule has 1 spiro atoms. The van der Waals surface area contributed by atoms with E-state index < -0.39 is 5.79 Å². The van der Waals surface area contributed by atoms with Gasteiger partial charge in [0.25, 0.3) is 5.56 Å². The van der Waals surface area contributed by atoms with Crippen molar-refractivity contribution in [3.8, 4) is 0 Å². The largest absolute Gasteiger partial charge is 0.459 e. The first-order valence-corrected chi connectivity index (χ1v) is 10.2. The molecular weight excluding hydrogens is 388 g/mol. The van der Waals surface area contributed by atoms with Crippen LogP contribution in [0, 0.1) is 6.92 Å². The van der Waals surface area contributed by atoms with Gasteiger partial charge in [-0.1, -0.05) is 6.08 Å². The SMILES string of the molecule is C=CCn1c2cc(C)oc2c2cnn(CC(=O)N3CCC4(CC3)OCCO4)c(=O)c21. The maximum atomic E-state index is 13.2. The molecule has 2 aliphatic rings. The number of piperidine rings is 1. The van der Waals surface area contributed by atoms with Crippen LogP contribution in [0.2, 0.25) is 0 Å². The molecule has 2 fully saturated rings. The van der Waals surface area contributed by atoms with E-state index in [1.807, 2.05) is 17.6 Å². The lowest BCUT2D eigenvalue weighted by atomic mass is 10.0. The average molecular weight is 412 g/mol. The van der Waals surface area contributed by atoms with Crippen LogP contribution in [-0.2, 0) is 27.4 Å². The van der Waals surface area contributed by atoms with Gasteiger partial charge in [-0.05, 0) is 6.92 Å². The zero-order valence-corrected chi connectivity index (χ0v) is 16.9. The van der Waals surface area contributed by atoms with Gasteiger partial charge >= 0.3 is 0 Å². The zero-order valence-electron chi connectivity index (χ0n) is 16.9. The first-order chi connectivity index (χ1) is 14.5. The smallest absolute Gasteiger partial charge is 0.291 e. The number of ether oxygens (including phenoxy) is 2. The van der Waals surface area contributed by atoms with Crippen LogP contribution in [0.25, 0.3) is 22.0 Å². The van der Waals surface area contributed by atoms with E-state index in [-0.39, 0.29) is 18.0 Å². The van der Waals surface area contributed by atoms with E-state index in [4.69, 9.17) is 13.9 Å². The molecule has 3 aromatic heterocycles. The maximum Gasteiger partial charge on any atom is 0.291 e. The number of amides is 1. The number of allylic oxidation sites excluding steroid dienone is 1. The highest BCUT2D eigenvalue weighted by Gasteiger charge is 2.40. The van der Waals surface area contributed by atoms with E-state index in [1.165, 1.54) is 4.68 Å². The average Bonchev–Trinajstić information content (AvgIpc) is 3.41. The Labute approximate surface area is 172 Å². The van der Waals surface area contributed by atoms with Gasteiger partial charge in [-0.3, -0.25) is 9.59 Å². The first kappa shape index (κ1) is 19.1. The lowest BCUT2D eigenvalue weighted by Crippen LogP contribution is -2.48. The highest BCUT2D eigenvalue weighted by molar-refractivity contribution is 6.04. The number of likely N-dealkylation sites (tertiary alicyclic amines) is 1. The molecule has 5 heterocycles. The van der Waals surface area contributed by atoms with E-state index in [2.05, 4.69) is 11.7 Å². The van der Waals surface area contributed by atoms with Gasteiger partial charge in [0.05, 0.1) is 30.3 Å². The van der Waals surface area contributed by atoms with E-state index >= 15 is 0 Å². The summed E-state index contributed by atoms with van der Waals surface area (Å²) in [6, 6.07) is 1.89. The van der Waals surface area contributed by atoms with Crippen LogP contribution in [0.1, 0.15) is 18.6 Å². The predicted molar refractivity (Wildman–Crippen MR) is 109 cm³/mol. The van der Waals surface area contributed by atoms with Crippen molar-refractivity contribution in [1.82, 2.24) is 19.2 Å². The van der Waals surface area contributed by atoms with Gasteiger partial charge in [0.15, 0.2) is 11.4 Å². The summed E-state index contributed by atoms with van der Waals surface area (Å²) in [4.78, 5) is 27.8. The summed E-state index contributed by atoms with van der Waals surface area (Å²) >= 11 is 0. The van der Waals surface area contributed by atoms with Crippen LogP contribution in [0.5, 0.6) is 0 Å². The highest BCUT2D eigenvalue weighted by Crippen LogP contribution is 2.31. The molecular formula is C21H24N4O5. The summed E-state index contributed by atoms with van der Waals surface area (Å²) in [6.07, 6.45) is 4.60. The number of carbonyl (C=O) groups is 1. The summed E-state index contributed by atoms with van der Waals surface area (Å²) in [5, 5.41) is 4.90. The third-order valence-corrected chi connectivity index (χ3v) is 5.95. The van der Waals surface area contributed by atoms with Gasteiger partial charge in [-0.2, -0.15) is 5.10 Å². The number of fused-ring (bicyclic) bond motifs is 3. The number of aryl methyl sites for hydroxylation is 1. The molecule has 1 amide bonds. The number of furan rings is 1. The third-order valence-electron chi connectivity index (χ3n) is 5.95. The number of hydrogen-bond donors (Lipinski definition) is 0. The van der Waals surface area contributed by atoms with Gasteiger partial charge in [0, 0.05) is 38.5 Å². The molecule has 3 aromatic rings. The number of rotatable bonds is 4. The Hall–Kier alpha value is -2.91. The number of nitrogens with zero attached hydrogens (tertiary/aromatic N) is 4. The molecule has 0 aliphatic carbocycles. The van der Waals surface area contributed by atoms with Crippen molar-refractivity contribution in [2.75, 3.05) is 26.3 Å². The molecule has 0 aromatic carbocycles. The van der Waals surface area contributed by atoms with Crippen LogP contribution in [0.4, 0.5) is 0 Å². The molecule has 0 atom stereocenters. The number of carbonyl (C=O) groups excluding carboxylic acids is 1. The fraction of sp³-hybridized carbons (Fsp3) is 0.476. The van der Waals surface area contributed by atoms with Crippen LogP contribution >= 0.6 is 0 Å². The van der Waals surface area contributed by atoms with Crippen molar-refractivity contribution in [2.24, 2.45) is 0 Å². The Morgan fingerprint density at radius 3 is 2.73 bits per heavy atom. The fourth-order valence-corrected chi connectivity index (χ4v) is 4.46. The van der Waals surface area contributed by atoms with Crippen LogP contribution < -0.4 is 5.56 Å². The predicted octanol–water partition coefficient (Wildman–Crippen LogP) is 1.80. The Morgan fingerprint density at radius 2 is 2.03 bits per heavy atom. The Bertz CT molecular complexity index is 1190. The summed E-state index contributed by atoms with van der Waals surface area (Å²) in [7, 11) is 0. The molecule has 30 heavy (non-hydrogen) atoms. The molecule has 0 saturated carbocycles. The van der Waals surface area contributed by atoms with Crippen molar-refractivity contribution < 1.29 is 18.7 Å². The number of hydrogen-bond acceptors (Lipinski definition) is 6. The fourth-order valence-electron chi connectivity index (χ4n) is 4.46. The van der Waals surface area contributed by atoms with Crippen LogP contribution in [-0.4, -0.2) is 57.2 Å². The molecule has 0 bridgehead atoms. The Morgan fingerprint density at radius 1 is 1.30 bits per heavy atom. The third kappa shape index (κ3) is 2.96. The van der Waals surface area contributed by atoms with E-state index in [1.54, 1.807) is 17.2 Å². The lowest BCUT2D eigenvalue weighted by molar-refractivity contribution is -0.187. The zero-order chi connectivity index (χ0) is 20.9. The molecule has 5 rings (SSSR count). The minimum absolute atomic E-state index is 0.108. The van der Waals surface area contributed by atoms with Gasteiger partial charge in [-0.25, -0.2) is 4.68 Å². The van der Waals surface area contributed by atoms with Crippen molar-refractivity contribution >= 4 is 27.9 Å². The van der Waals surface area contributed by atoms with Crippen LogP contribution in [0.3, 0.4) is 0 Å². The van der Waals surface area contributed by atoms with Gasteiger partial charge in [-0.15, -0.1) is 6.58 Å². The second-order valence-corrected chi connectivity index (χ2v) is 7.83. The lowest BCUT2D eigenvalue weighted by Gasteiger charge is -2.37. The molecule has 9 heteroatoms. The summed E-state index contributed by atoms with van der Waals surface area (Å²) in [5.74, 6) is 0.0815. The van der Waals surface area contributed by atoms with Gasteiger partial charge in [0.2, 0.25) is 5.91 Å². The monoisotopic (exact) mass is 412 g/mol. The maximum absolute atomic E-state index is 13.2. The molecule has 2 saturated heterocycles. The van der Waals surface area contributed by atoms with E-state index in [0.717, 1.165) is 11.3 Å². The molecule has 0 N–H and O–H groups in total. The molecule has 2 aliphatic heterocycles. The Balaban J connectivity index is 1.43. The Kier molecular flexibility index (Phi) is 4.52. The van der Waals surface area contributed by atoms with Gasteiger partial charge < -0.3 is 23.4 Å². The number of aromatic nitrogens is 3. The first-order valence-electron chi connectivity index (χ1n) is 10.2. The minimum Gasteiger partial charge on any atom is -0.459 e. The minimum atomic E-state index is -0.539. The summed E-state index contributed by atoms with van der Waals surface area (Å²) in [5.41, 5.74) is 1.60. The van der Waals surface area contributed by atoms with Crippen molar-refractivity contribution in [3.05, 3.63) is 41.0 Å². The second-order valence-electron chi connectivity index (χ2n) is 7.83. The quantitative estimate of drug-likeness (QED) is 0.607. The van der Waals surface area contributed by atoms with E-state index in [0.29, 0.717) is 62.2 Å². The normalized spacial score (nSPS) is 18.6. The standard InChI is InChI=1S/C21H24N4O5/c1-3-6-24-16-11-14(2)30-19(16)15-12-22-25(20(27)18(15)24)13-17(26)23-7-4-21(5-8-23)28-9-10-29-21/h3,11-12H,1,4-10,13H2,2H3. The van der Waals surface area contributed by atoms with Gasteiger partial charge in [0.1, 0.15) is 17.8 Å². The van der Waals surface area contributed by atoms with Crippen molar-refractivity contribution in [1.29, 1.82) is 0 Å². The molecule has 0 unspecified atom stereocenters.